The summed E-state index contributed by atoms with van der Waals surface area (Å²) in [6.07, 6.45) is 7.02. The molecule has 1 fully saturated rings. The molecule has 3 unspecified atom stereocenters. The Morgan fingerprint density at radius 1 is 1.33 bits per heavy atom. The quantitative estimate of drug-likeness (QED) is 0.836. The molecule has 3 atom stereocenters. The van der Waals surface area contributed by atoms with E-state index in [1.165, 1.54) is 31.5 Å². The van der Waals surface area contributed by atoms with Crippen LogP contribution < -0.4 is 5.32 Å². The highest BCUT2D eigenvalue weighted by Crippen LogP contribution is 2.29. The van der Waals surface area contributed by atoms with E-state index in [9.17, 15) is 0 Å². The second-order valence-corrected chi connectivity index (χ2v) is 6.68. The van der Waals surface area contributed by atoms with Crippen molar-refractivity contribution in [3.63, 3.8) is 0 Å². The average Bonchev–Trinajstić information content (AvgIpc) is 2.49. The zero-order valence-corrected chi connectivity index (χ0v) is 13.9. The molecule has 1 aliphatic carbocycles. The van der Waals surface area contributed by atoms with Crippen molar-refractivity contribution in [2.75, 3.05) is 26.7 Å². The van der Waals surface area contributed by atoms with Crippen molar-refractivity contribution >= 4 is 0 Å². The monoisotopic (exact) mass is 289 g/mol. The van der Waals surface area contributed by atoms with Gasteiger partial charge in [0.1, 0.15) is 0 Å². The van der Waals surface area contributed by atoms with Crippen LogP contribution in [0.1, 0.15) is 38.8 Å². The van der Waals surface area contributed by atoms with Gasteiger partial charge in [-0.05, 0) is 56.8 Å². The smallest absolute Gasteiger partial charge is 0.0416 e. The van der Waals surface area contributed by atoms with E-state index in [2.05, 4.69) is 48.2 Å². The minimum absolute atomic E-state index is 0.712. The van der Waals surface area contributed by atoms with Crippen LogP contribution in [0.15, 0.2) is 24.4 Å². The fraction of sp³-hybridized carbons (Fsp3) is 0.722. The number of aromatic nitrogens is 1. The fourth-order valence-corrected chi connectivity index (χ4v) is 3.57. The second kappa shape index (κ2) is 8.50. The topological polar surface area (TPSA) is 28.2 Å². The molecule has 1 aromatic rings. The van der Waals surface area contributed by atoms with E-state index < -0.39 is 0 Å². The van der Waals surface area contributed by atoms with E-state index in [1.807, 2.05) is 12.3 Å². The number of hydrogen-bond donors (Lipinski definition) is 1. The van der Waals surface area contributed by atoms with Crippen LogP contribution in [0.25, 0.3) is 0 Å². The first-order valence-corrected chi connectivity index (χ1v) is 8.50. The molecule has 118 valence electrons. The molecule has 0 bridgehead atoms. The summed E-state index contributed by atoms with van der Waals surface area (Å²) in [5, 5.41) is 3.70. The Balaban J connectivity index is 1.80. The third-order valence-electron chi connectivity index (χ3n) is 4.73. The van der Waals surface area contributed by atoms with Crippen molar-refractivity contribution in [3.8, 4) is 0 Å². The Bertz CT molecular complexity index is 393. The van der Waals surface area contributed by atoms with Crippen LogP contribution in [0.2, 0.25) is 0 Å². The van der Waals surface area contributed by atoms with Crippen LogP contribution in [-0.2, 0) is 6.42 Å². The van der Waals surface area contributed by atoms with Crippen molar-refractivity contribution in [2.45, 2.75) is 45.6 Å². The highest BCUT2D eigenvalue weighted by atomic mass is 15.1. The Hall–Kier alpha value is -0.930. The molecular formula is C18H31N3. The van der Waals surface area contributed by atoms with Gasteiger partial charge < -0.3 is 10.2 Å². The molecule has 3 heteroatoms. The molecule has 0 aliphatic heterocycles. The van der Waals surface area contributed by atoms with Crippen molar-refractivity contribution < 1.29 is 0 Å². The minimum Gasteiger partial charge on any atom is -0.314 e. The largest absolute Gasteiger partial charge is 0.314 e. The summed E-state index contributed by atoms with van der Waals surface area (Å²) in [5.74, 6) is 1.68. The first-order chi connectivity index (χ1) is 10.2. The van der Waals surface area contributed by atoms with Gasteiger partial charge in [0.15, 0.2) is 0 Å². The van der Waals surface area contributed by atoms with E-state index in [0.29, 0.717) is 6.04 Å². The maximum absolute atomic E-state index is 4.41. The SMILES string of the molecule is CCNC1CCC(C)CC1CN(C)CCc1ccccn1. The Kier molecular flexibility index (Phi) is 6.65. The molecule has 1 aromatic heterocycles. The summed E-state index contributed by atoms with van der Waals surface area (Å²) in [6.45, 7) is 8.02. The molecule has 21 heavy (non-hydrogen) atoms. The van der Waals surface area contributed by atoms with Gasteiger partial charge in [0.05, 0.1) is 0 Å². The minimum atomic E-state index is 0.712. The zero-order valence-electron chi connectivity index (χ0n) is 13.9. The summed E-state index contributed by atoms with van der Waals surface area (Å²) >= 11 is 0. The van der Waals surface area contributed by atoms with Gasteiger partial charge in [0, 0.05) is 37.4 Å². The van der Waals surface area contributed by atoms with Crippen LogP contribution in [0.5, 0.6) is 0 Å². The van der Waals surface area contributed by atoms with Crippen LogP contribution >= 0.6 is 0 Å². The second-order valence-electron chi connectivity index (χ2n) is 6.68. The lowest BCUT2D eigenvalue weighted by Crippen LogP contribution is -2.45. The molecular weight excluding hydrogens is 258 g/mol. The van der Waals surface area contributed by atoms with Crippen molar-refractivity contribution in [3.05, 3.63) is 30.1 Å². The van der Waals surface area contributed by atoms with Gasteiger partial charge in [-0.25, -0.2) is 0 Å². The molecule has 1 aliphatic rings. The third kappa shape index (κ3) is 5.40. The van der Waals surface area contributed by atoms with E-state index in [0.717, 1.165) is 31.3 Å². The highest BCUT2D eigenvalue weighted by Gasteiger charge is 2.28. The van der Waals surface area contributed by atoms with Crippen molar-refractivity contribution in [1.82, 2.24) is 15.2 Å². The number of nitrogens with zero attached hydrogens (tertiary/aromatic N) is 2. The normalized spacial score (nSPS) is 26.2. The van der Waals surface area contributed by atoms with Gasteiger partial charge in [-0.3, -0.25) is 4.98 Å². The van der Waals surface area contributed by atoms with Crippen LogP contribution in [0, 0.1) is 11.8 Å². The van der Waals surface area contributed by atoms with Gasteiger partial charge in [0.2, 0.25) is 0 Å². The van der Waals surface area contributed by atoms with Crippen LogP contribution in [-0.4, -0.2) is 42.6 Å². The molecule has 0 aromatic carbocycles. The molecule has 3 nitrogen and oxygen atoms in total. The van der Waals surface area contributed by atoms with Gasteiger partial charge >= 0.3 is 0 Å². The van der Waals surface area contributed by atoms with Gasteiger partial charge in [-0.15, -0.1) is 0 Å². The number of likely N-dealkylation sites (N-methyl/N-ethyl adjacent to an activating group) is 1. The Labute approximate surface area is 130 Å². The summed E-state index contributed by atoms with van der Waals surface area (Å²) in [4.78, 5) is 6.90. The first-order valence-electron chi connectivity index (χ1n) is 8.50. The zero-order chi connectivity index (χ0) is 15.1. The molecule has 0 amide bonds. The summed E-state index contributed by atoms with van der Waals surface area (Å²) < 4.78 is 0. The summed E-state index contributed by atoms with van der Waals surface area (Å²) in [6, 6.07) is 6.89. The van der Waals surface area contributed by atoms with Gasteiger partial charge in [-0.1, -0.05) is 19.9 Å². The number of rotatable bonds is 7. The molecule has 1 saturated carbocycles. The maximum Gasteiger partial charge on any atom is 0.0416 e. The van der Waals surface area contributed by atoms with E-state index >= 15 is 0 Å². The molecule has 0 spiro atoms. The standard InChI is InChI=1S/C18H31N3/c1-4-19-18-9-8-15(2)13-16(18)14-21(3)12-10-17-7-5-6-11-20-17/h5-7,11,15-16,18-19H,4,8-10,12-14H2,1-3H3. The van der Waals surface area contributed by atoms with Crippen molar-refractivity contribution in [2.24, 2.45) is 11.8 Å². The van der Waals surface area contributed by atoms with E-state index in [-0.39, 0.29) is 0 Å². The van der Waals surface area contributed by atoms with Crippen LogP contribution in [0.4, 0.5) is 0 Å². The number of hydrogen-bond acceptors (Lipinski definition) is 3. The van der Waals surface area contributed by atoms with E-state index in [4.69, 9.17) is 0 Å². The Morgan fingerprint density at radius 2 is 2.19 bits per heavy atom. The lowest BCUT2D eigenvalue weighted by Gasteiger charge is -2.37. The third-order valence-corrected chi connectivity index (χ3v) is 4.73. The molecule has 2 rings (SSSR count). The van der Waals surface area contributed by atoms with E-state index in [1.54, 1.807) is 0 Å². The molecule has 1 heterocycles. The summed E-state index contributed by atoms with van der Waals surface area (Å²) in [5.41, 5.74) is 1.20. The van der Waals surface area contributed by atoms with Gasteiger partial charge in [-0.2, -0.15) is 0 Å². The average molecular weight is 289 g/mol. The lowest BCUT2D eigenvalue weighted by atomic mass is 9.78. The maximum atomic E-state index is 4.41. The predicted molar refractivity (Wildman–Crippen MR) is 89.4 cm³/mol. The number of nitrogens with one attached hydrogen (secondary N) is 1. The summed E-state index contributed by atoms with van der Waals surface area (Å²) in [7, 11) is 2.26. The Morgan fingerprint density at radius 3 is 2.90 bits per heavy atom. The number of pyridine rings is 1. The fourth-order valence-electron chi connectivity index (χ4n) is 3.57. The van der Waals surface area contributed by atoms with Crippen molar-refractivity contribution in [1.29, 1.82) is 0 Å². The first kappa shape index (κ1) is 16.4. The lowest BCUT2D eigenvalue weighted by molar-refractivity contribution is 0.162. The van der Waals surface area contributed by atoms with Crippen LogP contribution in [0.3, 0.4) is 0 Å². The highest BCUT2D eigenvalue weighted by molar-refractivity contribution is 5.03. The molecule has 0 saturated heterocycles. The van der Waals surface area contributed by atoms with Gasteiger partial charge in [0.25, 0.3) is 0 Å². The molecule has 1 N–H and O–H groups in total. The molecule has 0 radical (unpaired) electrons. The predicted octanol–water partition coefficient (Wildman–Crippen LogP) is 2.97.